The van der Waals surface area contributed by atoms with Crippen molar-refractivity contribution in [3.8, 4) is 0 Å². The molecule has 0 aliphatic carbocycles. The summed E-state index contributed by atoms with van der Waals surface area (Å²) >= 11 is 0. The Hall–Kier alpha value is -1.61. The number of guanidine groups is 1. The Bertz CT molecular complexity index is 809. The molecule has 2 rings (SSSR count). The Morgan fingerprint density at radius 3 is 2.42 bits per heavy atom. The molecule has 0 amide bonds. The molecule has 5 nitrogen and oxygen atoms in total. The first-order valence-electron chi connectivity index (χ1n) is 8.37. The van der Waals surface area contributed by atoms with Crippen LogP contribution >= 0.6 is 24.0 Å². The minimum Gasteiger partial charge on any atom is -0.357 e. The Morgan fingerprint density at radius 2 is 1.77 bits per heavy atom. The second-order valence-corrected chi connectivity index (χ2v) is 7.85. The van der Waals surface area contributed by atoms with Gasteiger partial charge in [0, 0.05) is 13.1 Å². The van der Waals surface area contributed by atoms with Crippen LogP contribution in [0.25, 0.3) is 0 Å². The predicted octanol–water partition coefficient (Wildman–Crippen LogP) is 3.14. The second-order valence-electron chi connectivity index (χ2n) is 5.74. The third kappa shape index (κ3) is 7.33. The lowest BCUT2D eigenvalue weighted by atomic mass is 10.1. The molecule has 0 bridgehead atoms. The van der Waals surface area contributed by atoms with Crippen LogP contribution in [-0.4, -0.2) is 33.2 Å². The van der Waals surface area contributed by atoms with Crippen molar-refractivity contribution < 1.29 is 8.42 Å². The molecule has 0 fully saturated rings. The van der Waals surface area contributed by atoms with E-state index in [-0.39, 0.29) is 29.7 Å². The van der Waals surface area contributed by atoms with E-state index in [1.807, 2.05) is 32.0 Å². The molecule has 2 aromatic carbocycles. The molecule has 26 heavy (non-hydrogen) atoms. The lowest BCUT2D eigenvalue weighted by molar-refractivity contribution is 0.594. The van der Waals surface area contributed by atoms with Crippen LogP contribution in [0.15, 0.2) is 64.5 Å². The van der Waals surface area contributed by atoms with E-state index in [9.17, 15) is 8.42 Å². The summed E-state index contributed by atoms with van der Waals surface area (Å²) in [5, 5.41) is 6.23. The maximum atomic E-state index is 12.3. The minimum absolute atomic E-state index is 0. The van der Waals surface area contributed by atoms with Crippen LogP contribution in [0.3, 0.4) is 0 Å². The summed E-state index contributed by atoms with van der Waals surface area (Å²) in [6.07, 6.45) is 0. The van der Waals surface area contributed by atoms with E-state index in [0.717, 1.165) is 5.56 Å². The van der Waals surface area contributed by atoms with Crippen molar-refractivity contribution in [1.29, 1.82) is 0 Å². The number of nitrogens with one attached hydrogen (secondary N) is 2. The number of aliphatic imine (C=N–C) groups is 1. The third-order valence-corrected chi connectivity index (χ3v) is 5.34. The number of benzene rings is 2. The molecule has 0 radical (unpaired) electrons. The van der Waals surface area contributed by atoms with Gasteiger partial charge in [0.25, 0.3) is 0 Å². The molecule has 0 aliphatic heterocycles. The summed E-state index contributed by atoms with van der Waals surface area (Å²) < 4.78 is 24.6. The fourth-order valence-electron chi connectivity index (χ4n) is 2.37. The van der Waals surface area contributed by atoms with Crippen molar-refractivity contribution >= 4 is 39.8 Å². The van der Waals surface area contributed by atoms with E-state index < -0.39 is 9.84 Å². The molecule has 0 saturated heterocycles. The summed E-state index contributed by atoms with van der Waals surface area (Å²) in [5.74, 6) is 0.638. The molecule has 142 valence electrons. The zero-order valence-corrected chi connectivity index (χ0v) is 18.3. The third-order valence-electron chi connectivity index (χ3n) is 3.61. The van der Waals surface area contributed by atoms with Gasteiger partial charge in [0.15, 0.2) is 15.8 Å². The number of sulfone groups is 1. The standard InChI is InChI=1S/C19H25N3O2S.HI/c1-3-20-19(22-15-17-9-7-8-16(2)14-17)21-12-13-25(23,24)18-10-5-4-6-11-18;/h4-11,14H,3,12-13,15H2,1-2H3,(H2,20,21,22);1H. The summed E-state index contributed by atoms with van der Waals surface area (Å²) in [7, 11) is -3.29. The first-order valence-corrected chi connectivity index (χ1v) is 10.0. The smallest absolute Gasteiger partial charge is 0.191 e. The average Bonchev–Trinajstić information content (AvgIpc) is 2.60. The zero-order valence-electron chi connectivity index (χ0n) is 15.1. The Balaban J connectivity index is 0.00000338. The number of halogens is 1. The topological polar surface area (TPSA) is 70.6 Å². The van der Waals surface area contributed by atoms with Gasteiger partial charge >= 0.3 is 0 Å². The maximum Gasteiger partial charge on any atom is 0.191 e. The van der Waals surface area contributed by atoms with Crippen molar-refractivity contribution in [2.24, 2.45) is 4.99 Å². The van der Waals surface area contributed by atoms with Crippen LogP contribution < -0.4 is 10.6 Å². The number of nitrogens with zero attached hydrogens (tertiary/aromatic N) is 1. The fourth-order valence-corrected chi connectivity index (χ4v) is 3.55. The molecule has 2 aromatic rings. The highest BCUT2D eigenvalue weighted by Crippen LogP contribution is 2.09. The zero-order chi connectivity index (χ0) is 18.1. The van der Waals surface area contributed by atoms with Gasteiger partial charge < -0.3 is 10.6 Å². The Kier molecular flexibility index (Phi) is 9.64. The molecule has 0 saturated carbocycles. The van der Waals surface area contributed by atoms with Crippen LogP contribution in [0.2, 0.25) is 0 Å². The van der Waals surface area contributed by atoms with Crippen molar-refractivity contribution in [2.45, 2.75) is 25.3 Å². The van der Waals surface area contributed by atoms with Gasteiger partial charge in [-0.1, -0.05) is 48.0 Å². The molecule has 0 spiro atoms. The maximum absolute atomic E-state index is 12.3. The minimum atomic E-state index is -3.29. The van der Waals surface area contributed by atoms with Crippen molar-refractivity contribution in [3.63, 3.8) is 0 Å². The summed E-state index contributed by atoms with van der Waals surface area (Å²) in [6.45, 7) is 5.58. The van der Waals surface area contributed by atoms with E-state index in [1.165, 1.54) is 5.56 Å². The summed E-state index contributed by atoms with van der Waals surface area (Å²) in [4.78, 5) is 4.86. The highest BCUT2D eigenvalue weighted by Gasteiger charge is 2.13. The monoisotopic (exact) mass is 487 g/mol. The predicted molar refractivity (Wildman–Crippen MR) is 118 cm³/mol. The van der Waals surface area contributed by atoms with Crippen LogP contribution in [0.4, 0.5) is 0 Å². The largest absolute Gasteiger partial charge is 0.357 e. The van der Waals surface area contributed by atoms with Crippen molar-refractivity contribution in [1.82, 2.24) is 10.6 Å². The SMILES string of the molecule is CCNC(=NCc1cccc(C)c1)NCCS(=O)(=O)c1ccccc1.I. The van der Waals surface area contributed by atoms with Gasteiger partial charge in [-0.25, -0.2) is 13.4 Å². The van der Waals surface area contributed by atoms with Gasteiger partial charge in [-0.05, 0) is 31.5 Å². The Morgan fingerprint density at radius 1 is 1.04 bits per heavy atom. The highest BCUT2D eigenvalue weighted by molar-refractivity contribution is 14.0. The molecule has 0 aromatic heterocycles. The van der Waals surface area contributed by atoms with Crippen LogP contribution in [0.5, 0.6) is 0 Å². The first-order chi connectivity index (χ1) is 12.0. The molecule has 0 aliphatic rings. The van der Waals surface area contributed by atoms with Gasteiger partial charge in [0.2, 0.25) is 0 Å². The normalized spacial score (nSPS) is 11.5. The number of aryl methyl sites for hydroxylation is 1. The molecule has 7 heteroatoms. The van der Waals surface area contributed by atoms with Gasteiger partial charge in [-0.15, -0.1) is 24.0 Å². The van der Waals surface area contributed by atoms with E-state index in [4.69, 9.17) is 0 Å². The van der Waals surface area contributed by atoms with Gasteiger partial charge in [0.1, 0.15) is 0 Å². The number of hydrogen-bond acceptors (Lipinski definition) is 3. The van der Waals surface area contributed by atoms with E-state index in [1.54, 1.807) is 30.3 Å². The van der Waals surface area contributed by atoms with Crippen molar-refractivity contribution in [3.05, 3.63) is 65.7 Å². The average molecular weight is 487 g/mol. The van der Waals surface area contributed by atoms with Crippen LogP contribution in [0, 0.1) is 6.92 Å². The lowest BCUT2D eigenvalue weighted by Gasteiger charge is -2.12. The van der Waals surface area contributed by atoms with E-state index in [0.29, 0.717) is 30.5 Å². The summed E-state index contributed by atoms with van der Waals surface area (Å²) in [5.41, 5.74) is 2.31. The van der Waals surface area contributed by atoms with Crippen LogP contribution in [0.1, 0.15) is 18.1 Å². The summed E-state index contributed by atoms with van der Waals surface area (Å²) in [6, 6.07) is 16.7. The number of rotatable bonds is 7. The van der Waals surface area contributed by atoms with Crippen LogP contribution in [-0.2, 0) is 16.4 Å². The second kappa shape index (κ2) is 11.2. The Labute approximate surface area is 173 Å². The molecule has 0 atom stereocenters. The fraction of sp³-hybridized carbons (Fsp3) is 0.316. The number of hydrogen-bond donors (Lipinski definition) is 2. The van der Waals surface area contributed by atoms with Crippen molar-refractivity contribution in [2.75, 3.05) is 18.8 Å². The van der Waals surface area contributed by atoms with Gasteiger partial charge in [-0.3, -0.25) is 0 Å². The molecule has 0 unspecified atom stereocenters. The van der Waals surface area contributed by atoms with E-state index in [2.05, 4.69) is 21.7 Å². The van der Waals surface area contributed by atoms with Gasteiger partial charge in [0.05, 0.1) is 17.2 Å². The molecular weight excluding hydrogens is 461 g/mol. The quantitative estimate of drug-likeness (QED) is 0.358. The molecular formula is C19H26IN3O2S. The van der Waals surface area contributed by atoms with Gasteiger partial charge in [-0.2, -0.15) is 0 Å². The lowest BCUT2D eigenvalue weighted by Crippen LogP contribution is -2.39. The molecule has 0 heterocycles. The molecule has 2 N–H and O–H groups in total. The first kappa shape index (κ1) is 22.4. The highest BCUT2D eigenvalue weighted by atomic mass is 127. The van der Waals surface area contributed by atoms with E-state index >= 15 is 0 Å².